The number of amides is 1. The molecule has 1 aromatic carbocycles. The van der Waals surface area contributed by atoms with E-state index in [-0.39, 0.29) is 16.0 Å². The summed E-state index contributed by atoms with van der Waals surface area (Å²) in [6, 6.07) is 6.30. The molecular formula is C16H16Cl2N2O4. The second kappa shape index (κ2) is 8.73. The normalized spacial score (nSPS) is 10.3. The molecule has 0 atom stereocenters. The van der Waals surface area contributed by atoms with Crippen LogP contribution >= 0.6 is 23.2 Å². The Morgan fingerprint density at radius 2 is 1.88 bits per heavy atom. The Labute approximate surface area is 149 Å². The maximum absolute atomic E-state index is 12.3. The summed E-state index contributed by atoms with van der Waals surface area (Å²) in [5.74, 6) is 0.408. The summed E-state index contributed by atoms with van der Waals surface area (Å²) in [4.78, 5) is 16.4. The molecule has 1 aromatic heterocycles. The Hall–Kier alpha value is -2.02. The summed E-state index contributed by atoms with van der Waals surface area (Å²) < 4.78 is 15.3. The van der Waals surface area contributed by atoms with Gasteiger partial charge in [-0.05, 0) is 18.2 Å². The summed E-state index contributed by atoms with van der Waals surface area (Å²) in [7, 11) is 3.04. The van der Waals surface area contributed by atoms with Gasteiger partial charge in [0.1, 0.15) is 6.61 Å². The highest BCUT2D eigenvalue weighted by Gasteiger charge is 2.14. The summed E-state index contributed by atoms with van der Waals surface area (Å²) >= 11 is 12.1. The zero-order valence-electron chi connectivity index (χ0n) is 13.1. The van der Waals surface area contributed by atoms with E-state index in [4.69, 9.17) is 37.4 Å². The van der Waals surface area contributed by atoms with E-state index < -0.39 is 0 Å². The third kappa shape index (κ3) is 4.74. The maximum Gasteiger partial charge on any atom is 0.255 e. The number of anilines is 1. The number of halogens is 2. The van der Waals surface area contributed by atoms with E-state index in [9.17, 15) is 4.79 Å². The number of carbonyl (C=O) groups excluding carboxylic acids is 1. The smallest absolute Gasteiger partial charge is 0.255 e. The second-order valence-electron chi connectivity index (χ2n) is 4.65. The van der Waals surface area contributed by atoms with E-state index in [1.54, 1.807) is 19.2 Å². The van der Waals surface area contributed by atoms with Crippen molar-refractivity contribution in [3.63, 3.8) is 0 Å². The predicted molar refractivity (Wildman–Crippen MR) is 92.6 cm³/mol. The molecule has 0 bridgehead atoms. The first-order valence-electron chi connectivity index (χ1n) is 6.97. The van der Waals surface area contributed by atoms with Crippen LogP contribution in [-0.2, 0) is 4.74 Å². The molecule has 0 aliphatic rings. The van der Waals surface area contributed by atoms with Crippen molar-refractivity contribution in [1.82, 2.24) is 4.98 Å². The summed E-state index contributed by atoms with van der Waals surface area (Å²) in [5, 5.41) is 3.22. The third-order valence-electron chi connectivity index (χ3n) is 3.00. The molecule has 6 nitrogen and oxygen atoms in total. The first kappa shape index (κ1) is 18.3. The lowest BCUT2D eigenvalue weighted by Gasteiger charge is -2.10. The number of hydrogen-bond donors (Lipinski definition) is 1. The Morgan fingerprint density at radius 3 is 2.42 bits per heavy atom. The van der Waals surface area contributed by atoms with Gasteiger partial charge < -0.3 is 19.5 Å². The monoisotopic (exact) mass is 370 g/mol. The van der Waals surface area contributed by atoms with Gasteiger partial charge in [0.15, 0.2) is 5.75 Å². The molecule has 0 saturated heterocycles. The molecule has 0 radical (unpaired) electrons. The van der Waals surface area contributed by atoms with Crippen LogP contribution in [0.4, 0.5) is 5.69 Å². The fourth-order valence-corrected chi connectivity index (χ4v) is 2.50. The molecule has 0 fully saturated rings. The van der Waals surface area contributed by atoms with E-state index in [2.05, 4.69) is 10.3 Å². The molecule has 0 saturated carbocycles. The highest BCUT2D eigenvalue weighted by molar-refractivity contribution is 6.37. The molecule has 8 heteroatoms. The van der Waals surface area contributed by atoms with Crippen molar-refractivity contribution in [2.24, 2.45) is 0 Å². The van der Waals surface area contributed by atoms with Gasteiger partial charge in [-0.25, -0.2) is 4.98 Å². The lowest BCUT2D eigenvalue weighted by Crippen LogP contribution is -2.12. The molecule has 128 valence electrons. The Kier molecular flexibility index (Phi) is 6.66. The summed E-state index contributed by atoms with van der Waals surface area (Å²) in [6.45, 7) is 0.872. The van der Waals surface area contributed by atoms with E-state index >= 15 is 0 Å². The fraction of sp³-hybridized carbons (Fsp3) is 0.250. The van der Waals surface area contributed by atoms with Gasteiger partial charge in [-0.2, -0.15) is 0 Å². The van der Waals surface area contributed by atoms with E-state index in [0.717, 1.165) is 0 Å². The van der Waals surface area contributed by atoms with Gasteiger partial charge in [0, 0.05) is 18.7 Å². The number of carbonyl (C=O) groups is 1. The van der Waals surface area contributed by atoms with Crippen LogP contribution in [0.3, 0.4) is 0 Å². The van der Waals surface area contributed by atoms with Crippen LogP contribution in [0.2, 0.25) is 10.0 Å². The molecule has 1 heterocycles. The number of nitrogens with one attached hydrogen (secondary N) is 1. The van der Waals surface area contributed by atoms with Gasteiger partial charge >= 0.3 is 0 Å². The SMILES string of the molecule is COCCOc1ccc(NC(=O)c2cc(Cl)c(OC)c(Cl)c2)cn1. The number of rotatable bonds is 7. The molecular weight excluding hydrogens is 355 g/mol. The number of aromatic nitrogens is 1. The average molecular weight is 371 g/mol. The molecule has 2 rings (SSSR count). The van der Waals surface area contributed by atoms with Gasteiger partial charge in [0.05, 0.1) is 35.6 Å². The molecule has 1 amide bonds. The molecule has 0 unspecified atom stereocenters. The number of hydrogen-bond acceptors (Lipinski definition) is 5. The van der Waals surface area contributed by atoms with Crippen molar-refractivity contribution in [3.05, 3.63) is 46.1 Å². The number of pyridine rings is 1. The molecule has 24 heavy (non-hydrogen) atoms. The number of ether oxygens (including phenoxy) is 3. The Morgan fingerprint density at radius 1 is 1.17 bits per heavy atom. The molecule has 0 aliphatic heterocycles. The standard InChI is InChI=1S/C16H16Cl2N2O4/c1-22-5-6-24-14-4-3-11(9-19-14)20-16(21)10-7-12(17)15(23-2)13(18)8-10/h3-4,7-9H,5-6H2,1-2H3,(H,20,21). The summed E-state index contributed by atoms with van der Waals surface area (Å²) in [6.07, 6.45) is 1.49. The van der Waals surface area contributed by atoms with Crippen molar-refractivity contribution in [2.45, 2.75) is 0 Å². The minimum Gasteiger partial charge on any atom is -0.494 e. The first-order chi connectivity index (χ1) is 11.5. The van der Waals surface area contributed by atoms with Gasteiger partial charge in [0.25, 0.3) is 5.91 Å². The number of nitrogens with zero attached hydrogens (tertiary/aromatic N) is 1. The second-order valence-corrected chi connectivity index (χ2v) is 5.47. The maximum atomic E-state index is 12.3. The number of methoxy groups -OCH3 is 2. The largest absolute Gasteiger partial charge is 0.494 e. The van der Waals surface area contributed by atoms with Crippen LogP contribution in [0, 0.1) is 0 Å². The van der Waals surface area contributed by atoms with Crippen molar-refractivity contribution < 1.29 is 19.0 Å². The van der Waals surface area contributed by atoms with Gasteiger partial charge in [-0.3, -0.25) is 4.79 Å². The van der Waals surface area contributed by atoms with Crippen molar-refractivity contribution in [1.29, 1.82) is 0 Å². The molecule has 2 aromatic rings. The Bertz CT molecular complexity index is 685. The lowest BCUT2D eigenvalue weighted by atomic mass is 10.2. The van der Waals surface area contributed by atoms with Crippen LogP contribution < -0.4 is 14.8 Å². The zero-order valence-corrected chi connectivity index (χ0v) is 14.6. The topological polar surface area (TPSA) is 69.7 Å². The average Bonchev–Trinajstić information content (AvgIpc) is 2.56. The lowest BCUT2D eigenvalue weighted by molar-refractivity contribution is 0.102. The fourth-order valence-electron chi connectivity index (χ4n) is 1.86. The van der Waals surface area contributed by atoms with Gasteiger partial charge in [-0.15, -0.1) is 0 Å². The van der Waals surface area contributed by atoms with Gasteiger partial charge in [0.2, 0.25) is 5.88 Å². The quantitative estimate of drug-likeness (QED) is 0.752. The molecule has 1 N–H and O–H groups in total. The highest BCUT2D eigenvalue weighted by atomic mass is 35.5. The van der Waals surface area contributed by atoms with Gasteiger partial charge in [-0.1, -0.05) is 23.2 Å². The Balaban J connectivity index is 2.04. The number of benzene rings is 1. The summed E-state index contributed by atoms with van der Waals surface area (Å²) in [5.41, 5.74) is 0.827. The zero-order chi connectivity index (χ0) is 17.5. The molecule has 0 aliphatic carbocycles. The highest BCUT2D eigenvalue weighted by Crippen LogP contribution is 2.34. The third-order valence-corrected chi connectivity index (χ3v) is 3.56. The van der Waals surface area contributed by atoms with Crippen LogP contribution in [0.15, 0.2) is 30.5 Å². The van der Waals surface area contributed by atoms with Crippen molar-refractivity contribution >= 4 is 34.8 Å². The first-order valence-corrected chi connectivity index (χ1v) is 7.73. The van der Waals surface area contributed by atoms with E-state index in [0.29, 0.717) is 36.1 Å². The van der Waals surface area contributed by atoms with E-state index in [1.807, 2.05) is 0 Å². The molecule has 0 spiro atoms. The van der Waals surface area contributed by atoms with Crippen LogP contribution in [0.5, 0.6) is 11.6 Å². The van der Waals surface area contributed by atoms with Crippen LogP contribution in [0.1, 0.15) is 10.4 Å². The minimum atomic E-state index is -0.365. The van der Waals surface area contributed by atoms with E-state index in [1.165, 1.54) is 25.4 Å². The van der Waals surface area contributed by atoms with Crippen molar-refractivity contribution in [2.75, 3.05) is 32.8 Å². The van der Waals surface area contributed by atoms with Crippen LogP contribution in [-0.4, -0.2) is 38.3 Å². The minimum absolute atomic E-state index is 0.259. The van der Waals surface area contributed by atoms with Crippen molar-refractivity contribution in [3.8, 4) is 11.6 Å². The van der Waals surface area contributed by atoms with Crippen LogP contribution in [0.25, 0.3) is 0 Å². The predicted octanol–water partition coefficient (Wildman–Crippen LogP) is 3.67.